The Morgan fingerprint density at radius 3 is 2.30 bits per heavy atom. The van der Waals surface area contributed by atoms with E-state index in [-0.39, 0.29) is 17.9 Å². The van der Waals surface area contributed by atoms with Gasteiger partial charge in [0.2, 0.25) is 17.2 Å². The SMILES string of the molecule is CCNc1nc(Cl)nc(NC(C)C)n1.Cc1cc(-c2ccccc2)ccc1COC(=O)[C@H]1[C@@H](/C=C(/Cl)C(F)(F)F)C1(C)C. The summed E-state index contributed by atoms with van der Waals surface area (Å²) in [6.07, 6.45) is -3.68. The first-order valence-electron chi connectivity index (χ1n) is 13.8. The number of esters is 1. The molecule has 232 valence electrons. The lowest BCUT2D eigenvalue weighted by Gasteiger charge is -2.10. The van der Waals surface area contributed by atoms with Crippen molar-refractivity contribution in [2.24, 2.45) is 17.3 Å². The number of hydrogen-bond acceptors (Lipinski definition) is 7. The number of ether oxygens (including phenoxy) is 1. The van der Waals surface area contributed by atoms with Gasteiger partial charge in [-0.25, -0.2) is 0 Å². The van der Waals surface area contributed by atoms with Gasteiger partial charge in [0.1, 0.15) is 11.6 Å². The topological polar surface area (TPSA) is 89.0 Å². The van der Waals surface area contributed by atoms with Crippen molar-refractivity contribution in [2.45, 2.75) is 60.4 Å². The van der Waals surface area contributed by atoms with Crippen LogP contribution in [0.4, 0.5) is 25.1 Å². The normalized spacial score (nSPS) is 17.5. The lowest BCUT2D eigenvalue weighted by atomic mass is 10.0. The second-order valence-corrected chi connectivity index (χ2v) is 11.8. The van der Waals surface area contributed by atoms with Crippen LogP contribution in [0, 0.1) is 24.2 Å². The molecule has 3 aromatic rings. The Labute approximate surface area is 260 Å². The second kappa shape index (κ2) is 14.4. The largest absolute Gasteiger partial charge is 0.461 e. The zero-order chi connectivity index (χ0) is 31.9. The zero-order valence-electron chi connectivity index (χ0n) is 24.9. The molecule has 4 rings (SSSR count). The van der Waals surface area contributed by atoms with E-state index in [1.807, 2.05) is 76.2 Å². The molecule has 1 heterocycles. The predicted molar refractivity (Wildman–Crippen MR) is 165 cm³/mol. The highest BCUT2D eigenvalue weighted by atomic mass is 35.5. The number of anilines is 2. The van der Waals surface area contributed by atoms with Gasteiger partial charge in [0, 0.05) is 12.6 Å². The average Bonchev–Trinajstić information content (AvgIpc) is 3.46. The summed E-state index contributed by atoms with van der Waals surface area (Å²) in [4.78, 5) is 24.5. The van der Waals surface area contributed by atoms with E-state index in [0.29, 0.717) is 11.9 Å². The van der Waals surface area contributed by atoms with E-state index in [1.165, 1.54) is 0 Å². The van der Waals surface area contributed by atoms with Gasteiger partial charge in [0.05, 0.1) is 5.92 Å². The van der Waals surface area contributed by atoms with Crippen LogP contribution < -0.4 is 10.6 Å². The van der Waals surface area contributed by atoms with Crippen molar-refractivity contribution in [3.8, 4) is 11.1 Å². The molecule has 0 radical (unpaired) electrons. The molecule has 1 fully saturated rings. The third-order valence-corrected chi connectivity index (χ3v) is 7.45. The van der Waals surface area contributed by atoms with Crippen LogP contribution in [0.3, 0.4) is 0 Å². The number of hydrogen-bond donors (Lipinski definition) is 2. The summed E-state index contributed by atoms with van der Waals surface area (Å²) < 4.78 is 43.4. The second-order valence-electron chi connectivity index (χ2n) is 11.0. The van der Waals surface area contributed by atoms with Gasteiger partial charge in [-0.1, -0.05) is 80.1 Å². The van der Waals surface area contributed by atoms with Crippen LogP contribution in [0.1, 0.15) is 45.7 Å². The number of aromatic nitrogens is 3. The van der Waals surface area contributed by atoms with Crippen molar-refractivity contribution in [1.82, 2.24) is 15.0 Å². The number of benzene rings is 2. The lowest BCUT2D eigenvalue weighted by molar-refractivity contribution is -0.147. The minimum atomic E-state index is -4.60. The summed E-state index contributed by atoms with van der Waals surface area (Å²) in [6, 6.07) is 16.1. The van der Waals surface area contributed by atoms with Crippen molar-refractivity contribution < 1.29 is 22.7 Å². The first-order valence-corrected chi connectivity index (χ1v) is 14.6. The van der Waals surface area contributed by atoms with Crippen LogP contribution >= 0.6 is 23.2 Å². The zero-order valence-corrected chi connectivity index (χ0v) is 26.4. The molecule has 0 bridgehead atoms. The Morgan fingerprint density at radius 2 is 1.72 bits per heavy atom. The molecular weight excluding hydrogens is 602 g/mol. The Kier molecular flexibility index (Phi) is 11.4. The molecule has 0 aliphatic heterocycles. The fourth-order valence-electron chi connectivity index (χ4n) is 4.51. The number of alkyl halides is 3. The maximum atomic E-state index is 12.7. The van der Waals surface area contributed by atoms with Crippen LogP contribution in [0.15, 0.2) is 59.6 Å². The van der Waals surface area contributed by atoms with E-state index in [2.05, 4.69) is 25.6 Å². The Bertz CT molecular complexity index is 1430. The molecule has 0 spiro atoms. The number of allylic oxidation sites excluding steroid dienone is 2. The molecule has 0 amide bonds. The maximum Gasteiger partial charge on any atom is 0.426 e. The average molecular weight is 639 g/mol. The number of nitrogens with one attached hydrogen (secondary N) is 2. The van der Waals surface area contributed by atoms with E-state index in [4.69, 9.17) is 27.9 Å². The van der Waals surface area contributed by atoms with Crippen LogP contribution in [0.2, 0.25) is 5.28 Å². The number of aryl methyl sites for hydroxylation is 1. The monoisotopic (exact) mass is 637 g/mol. The number of carbonyl (C=O) groups is 1. The highest BCUT2D eigenvalue weighted by molar-refractivity contribution is 6.30. The van der Waals surface area contributed by atoms with Crippen molar-refractivity contribution in [3.05, 3.63) is 76.0 Å². The molecule has 0 unspecified atom stereocenters. The molecule has 1 aromatic heterocycles. The molecule has 7 nitrogen and oxygen atoms in total. The molecule has 2 N–H and O–H groups in total. The van der Waals surface area contributed by atoms with Crippen molar-refractivity contribution in [1.29, 1.82) is 0 Å². The van der Waals surface area contributed by atoms with Crippen LogP contribution in [-0.2, 0) is 16.1 Å². The number of rotatable bonds is 9. The summed E-state index contributed by atoms with van der Waals surface area (Å²) >= 11 is 11.1. The predicted octanol–water partition coefficient (Wildman–Crippen LogP) is 8.44. The van der Waals surface area contributed by atoms with Crippen LogP contribution in [-0.4, -0.2) is 39.7 Å². The van der Waals surface area contributed by atoms with Gasteiger partial charge in [-0.15, -0.1) is 0 Å². The van der Waals surface area contributed by atoms with Crippen molar-refractivity contribution in [3.63, 3.8) is 0 Å². The number of halogens is 5. The van der Waals surface area contributed by atoms with Gasteiger partial charge < -0.3 is 15.4 Å². The van der Waals surface area contributed by atoms with E-state index in [0.717, 1.165) is 34.9 Å². The maximum absolute atomic E-state index is 12.7. The first kappa shape index (κ1) is 34.1. The lowest BCUT2D eigenvalue weighted by Crippen LogP contribution is -2.14. The summed E-state index contributed by atoms with van der Waals surface area (Å²) in [5.74, 6) is -0.741. The molecule has 0 saturated heterocycles. The molecule has 1 aliphatic carbocycles. The van der Waals surface area contributed by atoms with Crippen LogP contribution in [0.5, 0.6) is 0 Å². The number of nitrogens with zero attached hydrogens (tertiary/aromatic N) is 3. The van der Waals surface area contributed by atoms with E-state index < -0.39 is 34.4 Å². The third-order valence-electron chi connectivity index (χ3n) is 6.94. The van der Waals surface area contributed by atoms with Gasteiger partial charge in [-0.3, -0.25) is 4.79 Å². The highest BCUT2D eigenvalue weighted by Crippen LogP contribution is 2.60. The Morgan fingerprint density at radius 1 is 1.07 bits per heavy atom. The van der Waals surface area contributed by atoms with Gasteiger partial charge in [-0.2, -0.15) is 28.1 Å². The highest BCUT2D eigenvalue weighted by Gasteiger charge is 2.62. The van der Waals surface area contributed by atoms with Gasteiger partial charge in [0.25, 0.3) is 0 Å². The number of carbonyl (C=O) groups excluding carboxylic acids is 1. The van der Waals surface area contributed by atoms with Crippen molar-refractivity contribution >= 4 is 41.1 Å². The minimum Gasteiger partial charge on any atom is -0.461 e. The standard InChI is InChI=1S/C23H22ClF3O2.C8H14ClN5/c1-14-11-16(15-7-5-4-6-8-15)9-10-17(14)13-29-21(28)20-18(22(20,2)3)12-19(24)23(25,26)27;1-4-10-7-12-6(9)13-8(14-7)11-5(2)3/h4-12,18,20H,13H2,1-3H3;5H,4H2,1-3H3,(H2,10,11,12,13,14)/b19-12+;/t18-,20-;/m1./s1. The van der Waals surface area contributed by atoms with Gasteiger partial charge >= 0.3 is 12.1 Å². The smallest absolute Gasteiger partial charge is 0.426 e. The quantitative estimate of drug-likeness (QED) is 0.228. The fraction of sp³-hybridized carbons (Fsp3) is 0.419. The minimum absolute atomic E-state index is 0.0791. The first-order chi connectivity index (χ1) is 20.1. The Balaban J connectivity index is 0.000000303. The Hall–Kier alpha value is -3.37. The molecule has 12 heteroatoms. The molecule has 1 aliphatic rings. The van der Waals surface area contributed by atoms with Crippen LogP contribution in [0.25, 0.3) is 11.1 Å². The van der Waals surface area contributed by atoms with Crippen molar-refractivity contribution in [2.75, 3.05) is 17.2 Å². The van der Waals surface area contributed by atoms with E-state index in [1.54, 1.807) is 13.8 Å². The summed E-state index contributed by atoms with van der Waals surface area (Å²) in [7, 11) is 0. The summed E-state index contributed by atoms with van der Waals surface area (Å²) in [5, 5.41) is 5.03. The molecule has 2 aromatic carbocycles. The van der Waals surface area contributed by atoms with Gasteiger partial charge in [0.15, 0.2) is 0 Å². The summed E-state index contributed by atoms with van der Waals surface area (Å²) in [5.41, 5.74) is 3.38. The van der Waals surface area contributed by atoms with E-state index in [9.17, 15) is 18.0 Å². The van der Waals surface area contributed by atoms with Gasteiger partial charge in [-0.05, 0) is 72.9 Å². The molecule has 1 saturated carbocycles. The summed E-state index contributed by atoms with van der Waals surface area (Å²) in [6.45, 7) is 12.2. The fourth-order valence-corrected chi connectivity index (χ4v) is 4.80. The third kappa shape index (κ3) is 9.56. The van der Waals surface area contributed by atoms with E-state index >= 15 is 0 Å². The molecular formula is C31H36Cl2F3N5O2. The molecule has 2 atom stereocenters. The molecule has 43 heavy (non-hydrogen) atoms.